The average Bonchev–Trinajstić information content (AvgIpc) is 2.55. The molecular formula is C17H19ClN2O2. The van der Waals surface area contributed by atoms with Crippen LogP contribution in [-0.4, -0.2) is 12.8 Å². The van der Waals surface area contributed by atoms with Crippen LogP contribution in [0.2, 0.25) is 5.02 Å². The van der Waals surface area contributed by atoms with Gasteiger partial charge in [0.25, 0.3) is 0 Å². The molecule has 116 valence electrons. The van der Waals surface area contributed by atoms with Crippen molar-refractivity contribution in [1.82, 2.24) is 10.6 Å². The standard InChI is InChI=1S/C17H19ClN2O2/c1-2-14-5-3-4-6-16(14)22-12-20-17(21)19-11-13-7-9-15(18)10-8-13/h3-10H,2,11-12H2,1H3,(H2,19,20,21). The van der Waals surface area contributed by atoms with Crippen molar-refractivity contribution in [1.29, 1.82) is 0 Å². The van der Waals surface area contributed by atoms with Crippen molar-refractivity contribution in [2.24, 2.45) is 0 Å². The van der Waals surface area contributed by atoms with Crippen LogP contribution in [0.3, 0.4) is 0 Å². The molecule has 2 aromatic rings. The van der Waals surface area contributed by atoms with Gasteiger partial charge in [-0.15, -0.1) is 0 Å². The molecule has 0 saturated heterocycles. The van der Waals surface area contributed by atoms with Gasteiger partial charge < -0.3 is 15.4 Å². The Kier molecular flexibility index (Phi) is 6.10. The number of urea groups is 1. The summed E-state index contributed by atoms with van der Waals surface area (Å²) in [6.45, 7) is 2.63. The highest BCUT2D eigenvalue weighted by molar-refractivity contribution is 6.30. The lowest BCUT2D eigenvalue weighted by atomic mass is 10.1. The summed E-state index contributed by atoms with van der Waals surface area (Å²) in [5.41, 5.74) is 2.10. The van der Waals surface area contributed by atoms with Gasteiger partial charge in [-0.05, 0) is 35.7 Å². The first-order valence-electron chi connectivity index (χ1n) is 7.16. The molecule has 5 heteroatoms. The number of carbonyl (C=O) groups is 1. The Morgan fingerprint density at radius 3 is 2.55 bits per heavy atom. The minimum atomic E-state index is -0.274. The molecule has 0 aliphatic heterocycles. The van der Waals surface area contributed by atoms with Gasteiger partial charge >= 0.3 is 6.03 Å². The highest BCUT2D eigenvalue weighted by Crippen LogP contribution is 2.17. The van der Waals surface area contributed by atoms with Crippen LogP contribution in [0.25, 0.3) is 0 Å². The molecule has 0 bridgehead atoms. The quantitative estimate of drug-likeness (QED) is 0.797. The lowest BCUT2D eigenvalue weighted by Crippen LogP contribution is -2.37. The van der Waals surface area contributed by atoms with E-state index in [1.807, 2.05) is 36.4 Å². The topological polar surface area (TPSA) is 50.4 Å². The highest BCUT2D eigenvalue weighted by atomic mass is 35.5. The maximum absolute atomic E-state index is 11.7. The van der Waals surface area contributed by atoms with E-state index >= 15 is 0 Å². The zero-order valence-electron chi connectivity index (χ0n) is 12.4. The first-order chi connectivity index (χ1) is 10.7. The number of halogens is 1. The van der Waals surface area contributed by atoms with E-state index in [1.54, 1.807) is 12.1 Å². The fraction of sp³-hybridized carbons (Fsp3) is 0.235. The number of benzene rings is 2. The van der Waals surface area contributed by atoms with Crippen LogP contribution in [0.1, 0.15) is 18.1 Å². The molecule has 2 rings (SSSR count). The average molecular weight is 319 g/mol. The summed E-state index contributed by atoms with van der Waals surface area (Å²) < 4.78 is 5.58. The second-order valence-electron chi connectivity index (χ2n) is 4.74. The smallest absolute Gasteiger partial charge is 0.317 e. The van der Waals surface area contributed by atoms with E-state index in [0.717, 1.165) is 23.3 Å². The van der Waals surface area contributed by atoms with Crippen molar-refractivity contribution < 1.29 is 9.53 Å². The minimum Gasteiger partial charge on any atom is -0.473 e. The molecular weight excluding hydrogens is 300 g/mol. The molecule has 0 radical (unpaired) electrons. The summed E-state index contributed by atoms with van der Waals surface area (Å²) in [4.78, 5) is 11.7. The molecule has 0 fully saturated rings. The van der Waals surface area contributed by atoms with Crippen molar-refractivity contribution in [2.75, 3.05) is 6.73 Å². The first kappa shape index (κ1) is 16.2. The maximum Gasteiger partial charge on any atom is 0.317 e. The van der Waals surface area contributed by atoms with Crippen LogP contribution in [-0.2, 0) is 13.0 Å². The number of aryl methyl sites for hydroxylation is 1. The van der Waals surface area contributed by atoms with Crippen molar-refractivity contribution in [3.8, 4) is 5.75 Å². The zero-order valence-corrected chi connectivity index (χ0v) is 13.2. The Morgan fingerprint density at radius 2 is 1.82 bits per heavy atom. The lowest BCUT2D eigenvalue weighted by Gasteiger charge is -2.12. The van der Waals surface area contributed by atoms with Crippen molar-refractivity contribution in [2.45, 2.75) is 19.9 Å². The van der Waals surface area contributed by atoms with E-state index in [1.165, 1.54) is 0 Å². The number of para-hydroxylation sites is 1. The first-order valence-corrected chi connectivity index (χ1v) is 7.53. The van der Waals surface area contributed by atoms with Crippen molar-refractivity contribution >= 4 is 17.6 Å². The van der Waals surface area contributed by atoms with E-state index < -0.39 is 0 Å². The molecule has 0 aliphatic carbocycles. The van der Waals surface area contributed by atoms with Crippen LogP contribution in [0.15, 0.2) is 48.5 Å². The van der Waals surface area contributed by atoms with Gasteiger partial charge in [0.2, 0.25) is 0 Å². The molecule has 0 unspecified atom stereocenters. The second kappa shape index (κ2) is 8.29. The van der Waals surface area contributed by atoms with Crippen LogP contribution in [0.5, 0.6) is 5.75 Å². The van der Waals surface area contributed by atoms with E-state index in [-0.39, 0.29) is 12.8 Å². The number of amides is 2. The molecule has 22 heavy (non-hydrogen) atoms. The Morgan fingerprint density at radius 1 is 1.09 bits per heavy atom. The minimum absolute atomic E-state index is 0.128. The fourth-order valence-corrected chi connectivity index (χ4v) is 2.09. The van der Waals surface area contributed by atoms with E-state index in [2.05, 4.69) is 17.6 Å². The SMILES string of the molecule is CCc1ccccc1OCNC(=O)NCc1ccc(Cl)cc1. The molecule has 0 heterocycles. The number of ether oxygens (including phenoxy) is 1. The number of hydrogen-bond acceptors (Lipinski definition) is 2. The third-order valence-corrected chi connectivity index (χ3v) is 3.43. The Balaban J connectivity index is 1.72. The molecule has 2 N–H and O–H groups in total. The van der Waals surface area contributed by atoms with Gasteiger partial charge in [-0.25, -0.2) is 4.79 Å². The van der Waals surface area contributed by atoms with Crippen molar-refractivity contribution in [3.05, 3.63) is 64.7 Å². The van der Waals surface area contributed by atoms with Gasteiger partial charge in [-0.2, -0.15) is 0 Å². The van der Waals surface area contributed by atoms with Crippen LogP contribution < -0.4 is 15.4 Å². The summed E-state index contributed by atoms with van der Waals surface area (Å²) in [5, 5.41) is 6.10. The molecule has 0 saturated carbocycles. The van der Waals surface area contributed by atoms with E-state index in [4.69, 9.17) is 16.3 Å². The molecule has 0 aliphatic rings. The van der Waals surface area contributed by atoms with Gasteiger partial charge in [-0.3, -0.25) is 0 Å². The molecule has 0 aromatic heterocycles. The van der Waals surface area contributed by atoms with Crippen LogP contribution >= 0.6 is 11.6 Å². The number of rotatable bonds is 6. The summed E-state index contributed by atoms with van der Waals surface area (Å²) in [6.07, 6.45) is 0.888. The van der Waals surface area contributed by atoms with E-state index in [0.29, 0.717) is 11.6 Å². The third kappa shape index (κ3) is 4.97. The van der Waals surface area contributed by atoms with Gasteiger partial charge in [0.15, 0.2) is 6.73 Å². The van der Waals surface area contributed by atoms with Gasteiger partial charge in [-0.1, -0.05) is 48.9 Å². The molecule has 2 amide bonds. The fourth-order valence-electron chi connectivity index (χ4n) is 1.96. The second-order valence-corrected chi connectivity index (χ2v) is 5.17. The lowest BCUT2D eigenvalue weighted by molar-refractivity contribution is 0.223. The predicted molar refractivity (Wildman–Crippen MR) is 88.1 cm³/mol. The van der Waals surface area contributed by atoms with Crippen molar-refractivity contribution in [3.63, 3.8) is 0 Å². The predicted octanol–water partition coefficient (Wildman–Crippen LogP) is 3.74. The number of nitrogens with one attached hydrogen (secondary N) is 2. The molecule has 2 aromatic carbocycles. The summed E-state index contributed by atoms with van der Waals surface area (Å²) >= 11 is 5.81. The third-order valence-electron chi connectivity index (χ3n) is 3.18. The monoisotopic (exact) mass is 318 g/mol. The van der Waals surface area contributed by atoms with Gasteiger partial charge in [0.05, 0.1) is 0 Å². The van der Waals surface area contributed by atoms with Crippen LogP contribution in [0.4, 0.5) is 4.79 Å². The Hall–Kier alpha value is -2.20. The molecule has 4 nitrogen and oxygen atoms in total. The Bertz CT molecular complexity index is 614. The van der Waals surface area contributed by atoms with Crippen LogP contribution in [0, 0.1) is 0 Å². The largest absolute Gasteiger partial charge is 0.473 e. The maximum atomic E-state index is 11.7. The molecule has 0 atom stereocenters. The van der Waals surface area contributed by atoms with E-state index in [9.17, 15) is 4.79 Å². The zero-order chi connectivity index (χ0) is 15.8. The normalized spacial score (nSPS) is 10.1. The Labute approximate surface area is 135 Å². The molecule has 0 spiro atoms. The number of hydrogen-bond donors (Lipinski definition) is 2. The van der Waals surface area contributed by atoms with Gasteiger partial charge in [0.1, 0.15) is 5.75 Å². The summed E-state index contributed by atoms with van der Waals surface area (Å²) in [6, 6.07) is 14.8. The van der Waals surface area contributed by atoms with Gasteiger partial charge in [0, 0.05) is 11.6 Å². The summed E-state index contributed by atoms with van der Waals surface area (Å²) in [5.74, 6) is 0.794. The highest BCUT2D eigenvalue weighted by Gasteiger charge is 2.03. The summed E-state index contributed by atoms with van der Waals surface area (Å²) in [7, 11) is 0. The number of carbonyl (C=O) groups excluding carboxylic acids is 1.